The number of hydrogen-bond donors (Lipinski definition) is 1. The Morgan fingerprint density at radius 3 is 2.56 bits per heavy atom. The van der Waals surface area contributed by atoms with Crippen molar-refractivity contribution in [2.75, 3.05) is 6.54 Å². The average Bonchev–Trinajstić information content (AvgIpc) is 2.67. The molecule has 2 atom stereocenters. The van der Waals surface area contributed by atoms with Crippen LogP contribution in [0.1, 0.15) is 51.8 Å². The molecule has 0 saturated heterocycles. The lowest BCUT2D eigenvalue weighted by Crippen LogP contribution is -2.37. The summed E-state index contributed by atoms with van der Waals surface area (Å²) >= 11 is 0. The van der Waals surface area contributed by atoms with Crippen LogP contribution in [0.5, 0.6) is 0 Å². The van der Waals surface area contributed by atoms with Crippen molar-refractivity contribution in [3.8, 4) is 0 Å². The van der Waals surface area contributed by atoms with Gasteiger partial charge in [-0.3, -0.25) is 4.68 Å². The van der Waals surface area contributed by atoms with E-state index in [0.717, 1.165) is 18.7 Å². The maximum atomic E-state index is 4.54. The van der Waals surface area contributed by atoms with Crippen LogP contribution in [0.3, 0.4) is 0 Å². The first-order chi connectivity index (χ1) is 7.72. The van der Waals surface area contributed by atoms with Crippen molar-refractivity contribution >= 4 is 0 Å². The monoisotopic (exact) mass is 223 g/mol. The zero-order chi connectivity index (χ0) is 12.0. The Kier molecular flexibility index (Phi) is 5.53. The Labute approximate surface area is 99.2 Å². The summed E-state index contributed by atoms with van der Waals surface area (Å²) in [7, 11) is 0. The van der Waals surface area contributed by atoms with Crippen molar-refractivity contribution in [1.82, 2.24) is 15.1 Å². The van der Waals surface area contributed by atoms with E-state index >= 15 is 0 Å². The molecular weight excluding hydrogens is 198 g/mol. The lowest BCUT2D eigenvalue weighted by atomic mass is 10.0. The number of likely N-dealkylation sites (N-methyl/N-ethyl adjacent to an activating group) is 1. The molecule has 1 rings (SSSR count). The molecule has 0 spiro atoms. The first-order valence-corrected chi connectivity index (χ1v) is 6.48. The SMILES string of the molecule is CCCC(NCC)C(CC)n1ccc(C)n1. The number of nitrogens with one attached hydrogen (secondary N) is 1. The Morgan fingerprint density at radius 1 is 1.38 bits per heavy atom. The Bertz CT molecular complexity index is 287. The standard InChI is InChI=1S/C13H25N3/c1-5-8-12(14-7-3)13(6-2)16-10-9-11(4)15-16/h9-10,12-14H,5-8H2,1-4H3. The summed E-state index contributed by atoms with van der Waals surface area (Å²) in [5, 5.41) is 8.13. The second-order valence-electron chi connectivity index (χ2n) is 4.37. The van der Waals surface area contributed by atoms with Gasteiger partial charge in [-0.05, 0) is 32.4 Å². The van der Waals surface area contributed by atoms with E-state index in [-0.39, 0.29) is 0 Å². The third-order valence-electron chi connectivity index (χ3n) is 3.03. The van der Waals surface area contributed by atoms with Gasteiger partial charge in [-0.1, -0.05) is 27.2 Å². The molecule has 2 unspecified atom stereocenters. The molecular formula is C13H25N3. The van der Waals surface area contributed by atoms with E-state index in [1.807, 2.05) is 6.92 Å². The minimum atomic E-state index is 0.480. The van der Waals surface area contributed by atoms with Crippen LogP contribution in [0.25, 0.3) is 0 Å². The molecule has 0 amide bonds. The molecule has 1 aromatic rings. The predicted molar refractivity (Wildman–Crippen MR) is 68.7 cm³/mol. The largest absolute Gasteiger partial charge is 0.312 e. The third kappa shape index (κ3) is 3.34. The summed E-state index contributed by atoms with van der Waals surface area (Å²) in [6.07, 6.45) is 5.65. The molecule has 3 nitrogen and oxygen atoms in total. The van der Waals surface area contributed by atoms with Crippen LogP contribution in [0, 0.1) is 6.92 Å². The quantitative estimate of drug-likeness (QED) is 0.770. The van der Waals surface area contributed by atoms with Gasteiger partial charge < -0.3 is 5.32 Å². The minimum absolute atomic E-state index is 0.480. The number of nitrogens with zero attached hydrogens (tertiary/aromatic N) is 2. The number of rotatable bonds is 7. The number of hydrogen-bond acceptors (Lipinski definition) is 2. The Morgan fingerprint density at radius 2 is 2.12 bits per heavy atom. The van der Waals surface area contributed by atoms with Gasteiger partial charge in [0.1, 0.15) is 0 Å². The Balaban J connectivity index is 2.76. The zero-order valence-electron chi connectivity index (χ0n) is 11.0. The molecule has 1 aromatic heterocycles. The molecule has 0 aliphatic carbocycles. The normalized spacial score (nSPS) is 15.0. The zero-order valence-corrected chi connectivity index (χ0v) is 11.0. The molecule has 0 saturated carbocycles. The molecule has 0 aliphatic heterocycles. The predicted octanol–water partition coefficient (Wildman–Crippen LogP) is 2.92. The van der Waals surface area contributed by atoms with E-state index in [2.05, 4.69) is 48.1 Å². The smallest absolute Gasteiger partial charge is 0.0669 e. The first kappa shape index (κ1) is 13.2. The second kappa shape index (κ2) is 6.69. The van der Waals surface area contributed by atoms with Crippen LogP contribution in [0.2, 0.25) is 0 Å². The van der Waals surface area contributed by atoms with Gasteiger partial charge in [0.05, 0.1) is 11.7 Å². The van der Waals surface area contributed by atoms with Crippen molar-refractivity contribution in [3.63, 3.8) is 0 Å². The van der Waals surface area contributed by atoms with Crippen LogP contribution >= 0.6 is 0 Å². The van der Waals surface area contributed by atoms with E-state index in [9.17, 15) is 0 Å². The minimum Gasteiger partial charge on any atom is -0.312 e. The van der Waals surface area contributed by atoms with Gasteiger partial charge in [0.15, 0.2) is 0 Å². The highest BCUT2D eigenvalue weighted by atomic mass is 15.3. The maximum absolute atomic E-state index is 4.54. The van der Waals surface area contributed by atoms with E-state index in [0.29, 0.717) is 12.1 Å². The van der Waals surface area contributed by atoms with Crippen LogP contribution in [-0.4, -0.2) is 22.4 Å². The molecule has 0 aromatic carbocycles. The average molecular weight is 223 g/mol. The lowest BCUT2D eigenvalue weighted by molar-refractivity contribution is 0.304. The summed E-state index contributed by atoms with van der Waals surface area (Å²) in [4.78, 5) is 0. The van der Waals surface area contributed by atoms with Crippen molar-refractivity contribution in [3.05, 3.63) is 18.0 Å². The van der Waals surface area contributed by atoms with Gasteiger partial charge in [-0.15, -0.1) is 0 Å². The molecule has 92 valence electrons. The molecule has 0 aliphatic rings. The van der Waals surface area contributed by atoms with E-state index < -0.39 is 0 Å². The summed E-state index contributed by atoms with van der Waals surface area (Å²) in [6, 6.07) is 3.10. The summed E-state index contributed by atoms with van der Waals surface area (Å²) in [5.41, 5.74) is 1.10. The lowest BCUT2D eigenvalue weighted by Gasteiger charge is -2.27. The van der Waals surface area contributed by atoms with Gasteiger partial charge in [0.2, 0.25) is 0 Å². The summed E-state index contributed by atoms with van der Waals surface area (Å²) in [5.74, 6) is 0. The van der Waals surface area contributed by atoms with Crippen molar-refractivity contribution in [2.45, 2.75) is 59.0 Å². The van der Waals surface area contributed by atoms with Crippen LogP contribution in [-0.2, 0) is 0 Å². The molecule has 0 radical (unpaired) electrons. The topological polar surface area (TPSA) is 29.9 Å². The van der Waals surface area contributed by atoms with Crippen molar-refractivity contribution in [1.29, 1.82) is 0 Å². The van der Waals surface area contributed by atoms with Gasteiger partial charge >= 0.3 is 0 Å². The van der Waals surface area contributed by atoms with Crippen LogP contribution in [0.15, 0.2) is 12.3 Å². The summed E-state index contributed by atoms with van der Waals surface area (Å²) in [6.45, 7) is 9.73. The highest BCUT2D eigenvalue weighted by molar-refractivity contribution is 4.97. The first-order valence-electron chi connectivity index (χ1n) is 6.48. The third-order valence-corrected chi connectivity index (χ3v) is 3.03. The fourth-order valence-corrected chi connectivity index (χ4v) is 2.28. The second-order valence-corrected chi connectivity index (χ2v) is 4.37. The van der Waals surface area contributed by atoms with Crippen molar-refractivity contribution in [2.24, 2.45) is 0 Å². The van der Waals surface area contributed by atoms with Crippen molar-refractivity contribution < 1.29 is 0 Å². The van der Waals surface area contributed by atoms with E-state index in [1.54, 1.807) is 0 Å². The number of aromatic nitrogens is 2. The molecule has 0 bridgehead atoms. The number of aryl methyl sites for hydroxylation is 1. The highest BCUT2D eigenvalue weighted by Gasteiger charge is 2.20. The van der Waals surface area contributed by atoms with Crippen LogP contribution < -0.4 is 5.32 Å². The van der Waals surface area contributed by atoms with Gasteiger partial charge in [-0.25, -0.2) is 0 Å². The summed E-state index contributed by atoms with van der Waals surface area (Å²) < 4.78 is 2.12. The molecule has 16 heavy (non-hydrogen) atoms. The molecule has 0 fully saturated rings. The van der Waals surface area contributed by atoms with Gasteiger partial charge in [0, 0.05) is 12.2 Å². The Hall–Kier alpha value is -0.830. The molecule has 1 N–H and O–H groups in total. The van der Waals surface area contributed by atoms with E-state index in [4.69, 9.17) is 0 Å². The van der Waals surface area contributed by atoms with E-state index in [1.165, 1.54) is 12.8 Å². The molecule has 3 heteroatoms. The fraction of sp³-hybridized carbons (Fsp3) is 0.769. The fourth-order valence-electron chi connectivity index (χ4n) is 2.28. The molecule has 1 heterocycles. The highest BCUT2D eigenvalue weighted by Crippen LogP contribution is 2.19. The van der Waals surface area contributed by atoms with Gasteiger partial charge in [-0.2, -0.15) is 5.10 Å². The van der Waals surface area contributed by atoms with Gasteiger partial charge in [0.25, 0.3) is 0 Å². The maximum Gasteiger partial charge on any atom is 0.0669 e. The van der Waals surface area contributed by atoms with Crippen LogP contribution in [0.4, 0.5) is 0 Å².